The van der Waals surface area contributed by atoms with Crippen molar-refractivity contribution in [3.05, 3.63) is 67.1 Å². The Bertz CT molecular complexity index is 1830. The molecular formula is C30H32N9O3P. The third-order valence-corrected chi connectivity index (χ3v) is 8.69. The van der Waals surface area contributed by atoms with Gasteiger partial charge in [0, 0.05) is 72.5 Å². The molecule has 13 heteroatoms. The summed E-state index contributed by atoms with van der Waals surface area (Å²) in [5.74, 6) is 1.56. The van der Waals surface area contributed by atoms with E-state index in [1.807, 2.05) is 31.2 Å². The molecule has 0 amide bonds. The van der Waals surface area contributed by atoms with Crippen molar-refractivity contribution >= 4 is 52.3 Å². The minimum absolute atomic E-state index is 0.360. The Morgan fingerprint density at radius 2 is 1.72 bits per heavy atom. The fraction of sp³-hybridized carbons (Fsp3) is 0.267. The number of aryl methyl sites for hydroxylation is 1. The van der Waals surface area contributed by atoms with Crippen molar-refractivity contribution in [3.63, 3.8) is 0 Å². The number of rotatable bonds is 8. The highest BCUT2D eigenvalue weighted by molar-refractivity contribution is 7.71. The Morgan fingerprint density at radius 1 is 0.953 bits per heavy atom. The summed E-state index contributed by atoms with van der Waals surface area (Å²) in [5, 5.41) is 7.36. The summed E-state index contributed by atoms with van der Waals surface area (Å²) in [6.45, 7) is 8.19. The van der Waals surface area contributed by atoms with Gasteiger partial charge < -0.3 is 29.6 Å². The summed E-state index contributed by atoms with van der Waals surface area (Å²) in [4.78, 5) is 29.0. The normalized spacial score (nSPS) is 13.6. The molecule has 1 saturated heterocycles. The van der Waals surface area contributed by atoms with Gasteiger partial charge in [0.05, 0.1) is 42.5 Å². The van der Waals surface area contributed by atoms with Crippen LogP contribution in [0.2, 0.25) is 0 Å². The molecule has 0 radical (unpaired) electrons. The molecule has 1 aliphatic heterocycles. The highest BCUT2D eigenvalue weighted by Gasteiger charge is 2.23. The van der Waals surface area contributed by atoms with E-state index in [2.05, 4.69) is 40.5 Å². The van der Waals surface area contributed by atoms with Crippen molar-refractivity contribution in [2.24, 2.45) is 0 Å². The van der Waals surface area contributed by atoms with E-state index in [-0.39, 0.29) is 0 Å². The molecule has 0 spiro atoms. The third-order valence-electron chi connectivity index (χ3n) is 7.16. The molecule has 1 fully saturated rings. The SMILES string of the molecule is COc1cc(N2CCOCC2)c(-c2cncnc2)cc1Nc1ncc(C)c(Nc2ccc3nccnc3c2P(C)(C)=O)n1. The van der Waals surface area contributed by atoms with Crippen molar-refractivity contribution in [1.82, 2.24) is 29.9 Å². The van der Waals surface area contributed by atoms with Gasteiger partial charge in [0.25, 0.3) is 0 Å². The maximum absolute atomic E-state index is 13.4. The number of benzene rings is 2. The molecule has 0 unspecified atom stereocenters. The van der Waals surface area contributed by atoms with Gasteiger partial charge in [-0.25, -0.2) is 15.0 Å². The molecule has 5 aromatic rings. The zero-order valence-corrected chi connectivity index (χ0v) is 25.3. The van der Waals surface area contributed by atoms with Crippen molar-refractivity contribution in [1.29, 1.82) is 0 Å². The second-order valence-corrected chi connectivity index (χ2v) is 13.7. The lowest BCUT2D eigenvalue weighted by atomic mass is 10.0. The number of methoxy groups -OCH3 is 1. The van der Waals surface area contributed by atoms with Crippen LogP contribution in [0.1, 0.15) is 5.56 Å². The molecule has 0 atom stereocenters. The largest absolute Gasteiger partial charge is 0.494 e. The van der Waals surface area contributed by atoms with Crippen LogP contribution in [0.25, 0.3) is 22.2 Å². The van der Waals surface area contributed by atoms with Crippen LogP contribution >= 0.6 is 7.14 Å². The second kappa shape index (κ2) is 11.9. The molecular weight excluding hydrogens is 565 g/mol. The van der Waals surface area contributed by atoms with Crippen molar-refractivity contribution < 1.29 is 14.0 Å². The van der Waals surface area contributed by atoms with Crippen LogP contribution in [0, 0.1) is 6.92 Å². The van der Waals surface area contributed by atoms with E-state index in [1.165, 1.54) is 6.33 Å². The maximum Gasteiger partial charge on any atom is 0.229 e. The Hall–Kier alpha value is -4.67. The smallest absolute Gasteiger partial charge is 0.229 e. The van der Waals surface area contributed by atoms with Crippen molar-refractivity contribution in [2.75, 3.05) is 62.3 Å². The van der Waals surface area contributed by atoms with Crippen LogP contribution in [-0.2, 0) is 9.30 Å². The molecule has 4 heterocycles. The monoisotopic (exact) mass is 597 g/mol. The minimum atomic E-state index is -2.74. The van der Waals surface area contributed by atoms with Gasteiger partial charge in [-0.2, -0.15) is 4.98 Å². The Balaban J connectivity index is 1.38. The van der Waals surface area contributed by atoms with Gasteiger partial charge in [-0.05, 0) is 38.5 Å². The van der Waals surface area contributed by atoms with Crippen LogP contribution in [0.15, 0.2) is 61.6 Å². The Labute approximate surface area is 249 Å². The first-order valence-electron chi connectivity index (χ1n) is 13.8. The fourth-order valence-electron chi connectivity index (χ4n) is 5.12. The summed E-state index contributed by atoms with van der Waals surface area (Å²) in [6.07, 6.45) is 10.1. The summed E-state index contributed by atoms with van der Waals surface area (Å²) in [7, 11) is -1.11. The van der Waals surface area contributed by atoms with E-state index in [9.17, 15) is 4.57 Å². The summed E-state index contributed by atoms with van der Waals surface area (Å²) < 4.78 is 24.8. The average Bonchev–Trinajstić information content (AvgIpc) is 3.02. The Kier molecular flexibility index (Phi) is 7.88. The number of aromatic nitrogens is 6. The molecule has 220 valence electrons. The molecule has 2 aromatic carbocycles. The number of anilines is 5. The molecule has 2 N–H and O–H groups in total. The minimum Gasteiger partial charge on any atom is -0.494 e. The quantitative estimate of drug-likeness (QED) is 0.238. The van der Waals surface area contributed by atoms with Crippen LogP contribution in [0.4, 0.5) is 28.8 Å². The number of hydrogen-bond acceptors (Lipinski definition) is 12. The van der Waals surface area contributed by atoms with Gasteiger partial charge in [-0.1, -0.05) is 0 Å². The molecule has 6 rings (SSSR count). The molecule has 1 aliphatic rings. The van der Waals surface area contributed by atoms with Crippen LogP contribution in [0.5, 0.6) is 5.75 Å². The molecule has 12 nitrogen and oxygen atoms in total. The lowest BCUT2D eigenvalue weighted by molar-refractivity contribution is 0.122. The van der Waals surface area contributed by atoms with Gasteiger partial charge in [0.1, 0.15) is 30.6 Å². The van der Waals surface area contributed by atoms with Crippen molar-refractivity contribution in [2.45, 2.75) is 6.92 Å². The fourth-order valence-corrected chi connectivity index (χ4v) is 6.51. The first kappa shape index (κ1) is 28.4. The predicted molar refractivity (Wildman–Crippen MR) is 169 cm³/mol. The third kappa shape index (κ3) is 5.97. The van der Waals surface area contributed by atoms with Gasteiger partial charge in [0.2, 0.25) is 5.95 Å². The van der Waals surface area contributed by atoms with E-state index in [0.717, 1.165) is 35.5 Å². The standard InChI is InChI=1S/C30H32N9O3P/c1-19-15-35-30(38-29(19)36-23-6-5-22-27(34-8-7-33-22)28(23)43(3,4)40)37-24-13-21(20-16-31-18-32-17-20)25(14-26(24)41-2)39-9-11-42-12-10-39/h5-8,13-18H,9-12H2,1-4H3,(H2,35,36,37,38). The number of nitrogens with one attached hydrogen (secondary N) is 2. The molecule has 0 bridgehead atoms. The lowest BCUT2D eigenvalue weighted by Crippen LogP contribution is -2.36. The van der Waals surface area contributed by atoms with E-state index in [0.29, 0.717) is 58.4 Å². The van der Waals surface area contributed by atoms with Crippen LogP contribution in [0.3, 0.4) is 0 Å². The number of morpholine rings is 1. The molecule has 43 heavy (non-hydrogen) atoms. The summed E-state index contributed by atoms with van der Waals surface area (Å²) >= 11 is 0. The highest BCUT2D eigenvalue weighted by atomic mass is 31.2. The van der Waals surface area contributed by atoms with Gasteiger partial charge >= 0.3 is 0 Å². The molecule has 0 aliphatic carbocycles. The molecule has 0 saturated carbocycles. The maximum atomic E-state index is 13.4. The lowest BCUT2D eigenvalue weighted by Gasteiger charge is -2.31. The topological polar surface area (TPSA) is 140 Å². The predicted octanol–water partition coefficient (Wildman–Crippen LogP) is 4.77. The van der Waals surface area contributed by atoms with Gasteiger partial charge in [-0.3, -0.25) is 9.97 Å². The zero-order valence-electron chi connectivity index (χ0n) is 24.4. The van der Waals surface area contributed by atoms with E-state index in [1.54, 1.807) is 51.4 Å². The molecule has 3 aromatic heterocycles. The number of nitrogens with zero attached hydrogens (tertiary/aromatic N) is 7. The number of hydrogen-bond donors (Lipinski definition) is 2. The Morgan fingerprint density at radius 3 is 2.47 bits per heavy atom. The van der Waals surface area contributed by atoms with Crippen LogP contribution in [-0.4, -0.2) is 76.6 Å². The number of ether oxygens (including phenoxy) is 2. The van der Waals surface area contributed by atoms with E-state index < -0.39 is 7.14 Å². The average molecular weight is 598 g/mol. The van der Waals surface area contributed by atoms with E-state index >= 15 is 0 Å². The van der Waals surface area contributed by atoms with Gasteiger partial charge in [-0.15, -0.1) is 0 Å². The van der Waals surface area contributed by atoms with Crippen molar-refractivity contribution in [3.8, 4) is 16.9 Å². The first-order chi connectivity index (χ1) is 20.8. The number of fused-ring (bicyclic) bond motifs is 1. The van der Waals surface area contributed by atoms with Gasteiger partial charge in [0.15, 0.2) is 0 Å². The van der Waals surface area contributed by atoms with E-state index in [4.69, 9.17) is 14.5 Å². The highest BCUT2D eigenvalue weighted by Crippen LogP contribution is 2.42. The summed E-state index contributed by atoms with van der Waals surface area (Å²) in [6, 6.07) is 7.73. The second-order valence-electron chi connectivity index (χ2n) is 10.5. The van der Waals surface area contributed by atoms with Crippen LogP contribution < -0.4 is 25.6 Å². The first-order valence-corrected chi connectivity index (χ1v) is 16.4. The zero-order chi connectivity index (χ0) is 30.0. The summed E-state index contributed by atoms with van der Waals surface area (Å²) in [5.41, 5.74) is 6.26.